The van der Waals surface area contributed by atoms with Gasteiger partial charge in [0.05, 0.1) is 0 Å². The molecule has 2 aromatic rings. The van der Waals surface area contributed by atoms with E-state index in [0.717, 1.165) is 21.6 Å². The Kier molecular flexibility index (Phi) is 6.72. The van der Waals surface area contributed by atoms with E-state index in [1.54, 1.807) is 12.4 Å². The minimum absolute atomic E-state index is 0.0942. The quantitative estimate of drug-likeness (QED) is 0.751. The van der Waals surface area contributed by atoms with Crippen LogP contribution in [0, 0.1) is 5.92 Å². The predicted molar refractivity (Wildman–Crippen MR) is 99.0 cm³/mol. The van der Waals surface area contributed by atoms with Crippen molar-refractivity contribution in [2.75, 3.05) is 6.54 Å². The lowest BCUT2D eigenvalue weighted by atomic mass is 10.0. The van der Waals surface area contributed by atoms with Gasteiger partial charge >= 0.3 is 12.1 Å². The van der Waals surface area contributed by atoms with Gasteiger partial charge in [0.1, 0.15) is 6.04 Å². The Morgan fingerprint density at radius 2 is 1.77 bits per heavy atom. The molecular weight excluding hydrogens is 332 g/mol. The summed E-state index contributed by atoms with van der Waals surface area (Å²) in [4.78, 5) is 28.1. The Morgan fingerprint density at radius 3 is 2.27 bits per heavy atom. The summed E-state index contributed by atoms with van der Waals surface area (Å²) in [5.74, 6) is -1.01. The molecule has 26 heavy (non-hydrogen) atoms. The molecule has 0 saturated heterocycles. The Labute approximate surface area is 153 Å². The Hall–Kier alpha value is -2.89. The van der Waals surface area contributed by atoms with Crippen molar-refractivity contribution >= 4 is 12.1 Å². The molecule has 0 aliphatic rings. The van der Waals surface area contributed by atoms with Gasteiger partial charge in [-0.15, -0.1) is 0 Å². The van der Waals surface area contributed by atoms with E-state index >= 15 is 0 Å². The first-order valence-electron chi connectivity index (χ1n) is 8.60. The van der Waals surface area contributed by atoms with E-state index in [0.29, 0.717) is 12.8 Å². The minimum Gasteiger partial charge on any atom is -0.480 e. The summed E-state index contributed by atoms with van der Waals surface area (Å²) in [7, 11) is 0. The van der Waals surface area contributed by atoms with Gasteiger partial charge in [-0.25, -0.2) is 9.59 Å². The molecule has 1 aromatic carbocycles. The zero-order valence-electron chi connectivity index (χ0n) is 15.0. The van der Waals surface area contributed by atoms with E-state index in [9.17, 15) is 19.8 Å². The standard InChI is InChI=1S/C20H24N2O4/c1-14(2)12-18(19(23)24)22(20(25)26)11-9-15-5-7-16(8-6-15)17-4-3-10-21-13-17/h3-8,10,13-14,18H,9,11-12H2,1-2H3,(H,23,24)(H,25,26). The van der Waals surface area contributed by atoms with E-state index < -0.39 is 18.1 Å². The average Bonchev–Trinajstić information content (AvgIpc) is 2.61. The monoisotopic (exact) mass is 356 g/mol. The number of amides is 1. The van der Waals surface area contributed by atoms with Crippen LogP contribution in [-0.2, 0) is 11.2 Å². The van der Waals surface area contributed by atoms with Gasteiger partial charge in [-0.2, -0.15) is 0 Å². The molecule has 1 aromatic heterocycles. The number of nitrogens with zero attached hydrogens (tertiary/aromatic N) is 2. The number of hydrogen-bond donors (Lipinski definition) is 2. The third-order valence-electron chi connectivity index (χ3n) is 4.19. The Balaban J connectivity index is 2.06. The number of aromatic nitrogens is 1. The van der Waals surface area contributed by atoms with Crippen LogP contribution in [0.25, 0.3) is 11.1 Å². The van der Waals surface area contributed by atoms with Gasteiger partial charge in [0.15, 0.2) is 0 Å². The summed E-state index contributed by atoms with van der Waals surface area (Å²) in [6, 6.07) is 10.6. The van der Waals surface area contributed by atoms with Crippen LogP contribution in [0.2, 0.25) is 0 Å². The molecule has 2 rings (SSSR count). The summed E-state index contributed by atoms with van der Waals surface area (Å²) in [5, 5.41) is 18.8. The molecule has 1 heterocycles. The Bertz CT molecular complexity index is 729. The van der Waals surface area contributed by atoms with Gasteiger partial charge in [-0.05, 0) is 41.5 Å². The van der Waals surface area contributed by atoms with Crippen LogP contribution in [0.5, 0.6) is 0 Å². The lowest BCUT2D eigenvalue weighted by Crippen LogP contribution is -2.46. The maximum atomic E-state index is 11.5. The van der Waals surface area contributed by atoms with Crippen molar-refractivity contribution in [3.8, 4) is 11.1 Å². The van der Waals surface area contributed by atoms with E-state index in [1.807, 2.05) is 50.2 Å². The first-order chi connectivity index (χ1) is 12.4. The van der Waals surface area contributed by atoms with Crippen molar-refractivity contribution in [2.45, 2.75) is 32.7 Å². The lowest BCUT2D eigenvalue weighted by Gasteiger charge is -2.27. The van der Waals surface area contributed by atoms with Crippen LogP contribution in [-0.4, -0.2) is 44.7 Å². The molecule has 6 heteroatoms. The minimum atomic E-state index is -1.20. The molecule has 0 bridgehead atoms. The summed E-state index contributed by atoms with van der Waals surface area (Å²) in [5.41, 5.74) is 2.99. The summed E-state index contributed by atoms with van der Waals surface area (Å²) in [6.07, 6.45) is 3.05. The normalized spacial score (nSPS) is 12.0. The molecule has 6 nitrogen and oxygen atoms in total. The highest BCUT2D eigenvalue weighted by Gasteiger charge is 2.29. The van der Waals surface area contributed by atoms with Crippen LogP contribution in [0.4, 0.5) is 4.79 Å². The summed E-state index contributed by atoms with van der Waals surface area (Å²) in [6.45, 7) is 3.91. The fraction of sp³-hybridized carbons (Fsp3) is 0.350. The van der Waals surface area contributed by atoms with Gasteiger partial charge in [0.25, 0.3) is 0 Å². The Morgan fingerprint density at radius 1 is 1.08 bits per heavy atom. The number of carboxylic acids is 1. The SMILES string of the molecule is CC(C)CC(C(=O)O)N(CCc1ccc(-c2cccnc2)cc1)C(=O)O. The highest BCUT2D eigenvalue weighted by atomic mass is 16.4. The van der Waals surface area contributed by atoms with Crippen LogP contribution < -0.4 is 0 Å². The summed E-state index contributed by atoms with van der Waals surface area (Å²) >= 11 is 0. The topological polar surface area (TPSA) is 90.7 Å². The van der Waals surface area contributed by atoms with Gasteiger partial charge in [0.2, 0.25) is 0 Å². The molecule has 138 valence electrons. The van der Waals surface area contributed by atoms with Gasteiger partial charge in [-0.1, -0.05) is 44.2 Å². The van der Waals surface area contributed by atoms with Crippen LogP contribution in [0.15, 0.2) is 48.8 Å². The van der Waals surface area contributed by atoms with E-state index in [-0.39, 0.29) is 12.5 Å². The van der Waals surface area contributed by atoms with Crippen molar-refractivity contribution in [1.82, 2.24) is 9.88 Å². The van der Waals surface area contributed by atoms with Crippen molar-refractivity contribution in [2.24, 2.45) is 5.92 Å². The lowest BCUT2D eigenvalue weighted by molar-refractivity contribution is -0.143. The van der Waals surface area contributed by atoms with Crippen molar-refractivity contribution < 1.29 is 19.8 Å². The van der Waals surface area contributed by atoms with Gasteiger partial charge in [0, 0.05) is 18.9 Å². The fourth-order valence-corrected chi connectivity index (χ4v) is 2.84. The number of benzene rings is 1. The number of carbonyl (C=O) groups is 2. The molecule has 2 N–H and O–H groups in total. The molecule has 0 fully saturated rings. The summed E-state index contributed by atoms with van der Waals surface area (Å²) < 4.78 is 0. The maximum Gasteiger partial charge on any atom is 0.408 e. The van der Waals surface area contributed by atoms with E-state index in [4.69, 9.17) is 0 Å². The fourth-order valence-electron chi connectivity index (χ4n) is 2.84. The number of aliphatic carboxylic acids is 1. The number of rotatable bonds is 8. The zero-order valence-corrected chi connectivity index (χ0v) is 15.0. The number of carboxylic acid groups (broad SMARTS) is 2. The van der Waals surface area contributed by atoms with Gasteiger partial charge < -0.3 is 10.2 Å². The van der Waals surface area contributed by atoms with Crippen molar-refractivity contribution in [1.29, 1.82) is 0 Å². The van der Waals surface area contributed by atoms with E-state index in [1.165, 1.54) is 0 Å². The molecule has 0 aliphatic carbocycles. The maximum absolute atomic E-state index is 11.5. The number of hydrogen-bond acceptors (Lipinski definition) is 3. The predicted octanol–water partition coefficient (Wildman–Crippen LogP) is 3.77. The second kappa shape index (κ2) is 8.99. The molecular formula is C20H24N2O4. The second-order valence-electron chi connectivity index (χ2n) is 6.65. The highest BCUT2D eigenvalue weighted by molar-refractivity contribution is 5.79. The highest BCUT2D eigenvalue weighted by Crippen LogP contribution is 2.19. The number of pyridine rings is 1. The first-order valence-corrected chi connectivity index (χ1v) is 8.60. The zero-order chi connectivity index (χ0) is 19.1. The molecule has 0 radical (unpaired) electrons. The molecule has 0 aliphatic heterocycles. The molecule has 1 atom stereocenters. The van der Waals surface area contributed by atoms with Crippen molar-refractivity contribution in [3.05, 3.63) is 54.4 Å². The van der Waals surface area contributed by atoms with Crippen LogP contribution >= 0.6 is 0 Å². The van der Waals surface area contributed by atoms with Crippen LogP contribution in [0.3, 0.4) is 0 Å². The molecule has 0 saturated carbocycles. The largest absolute Gasteiger partial charge is 0.480 e. The molecule has 1 unspecified atom stereocenters. The molecule has 1 amide bonds. The van der Waals surface area contributed by atoms with Gasteiger partial charge in [-0.3, -0.25) is 9.88 Å². The van der Waals surface area contributed by atoms with E-state index in [2.05, 4.69) is 4.98 Å². The van der Waals surface area contributed by atoms with Crippen molar-refractivity contribution in [3.63, 3.8) is 0 Å². The first kappa shape index (κ1) is 19.4. The van der Waals surface area contributed by atoms with Crippen LogP contribution in [0.1, 0.15) is 25.8 Å². The third kappa shape index (κ3) is 5.31. The average molecular weight is 356 g/mol. The third-order valence-corrected chi connectivity index (χ3v) is 4.19. The smallest absolute Gasteiger partial charge is 0.408 e. The molecule has 0 spiro atoms. The second-order valence-corrected chi connectivity index (χ2v) is 6.65.